The second-order valence-corrected chi connectivity index (χ2v) is 6.04. The van der Waals surface area contributed by atoms with Crippen molar-refractivity contribution in [1.82, 2.24) is 5.32 Å². The number of nitrogens with one attached hydrogen (secondary N) is 1. The number of rotatable bonds is 3. The standard InChI is InChI=1S/C16H23N3/c1-16(2)10-14(12-18-3)8-9-19(16)15-6-4-13(11-17)5-7-15/h4-7,14,18H,8-10,12H2,1-3H3. The van der Waals surface area contributed by atoms with Gasteiger partial charge in [0.2, 0.25) is 0 Å². The second-order valence-electron chi connectivity index (χ2n) is 6.04. The van der Waals surface area contributed by atoms with Gasteiger partial charge in [0, 0.05) is 17.8 Å². The first-order valence-corrected chi connectivity index (χ1v) is 6.99. The maximum Gasteiger partial charge on any atom is 0.0991 e. The van der Waals surface area contributed by atoms with Gasteiger partial charge in [-0.15, -0.1) is 0 Å². The Hall–Kier alpha value is -1.53. The topological polar surface area (TPSA) is 39.1 Å². The van der Waals surface area contributed by atoms with Crippen molar-refractivity contribution in [2.45, 2.75) is 32.2 Å². The molecule has 102 valence electrons. The normalized spacial score (nSPS) is 22.0. The molecule has 19 heavy (non-hydrogen) atoms. The quantitative estimate of drug-likeness (QED) is 0.905. The molecular formula is C16H23N3. The summed E-state index contributed by atoms with van der Waals surface area (Å²) in [6, 6.07) is 10.1. The van der Waals surface area contributed by atoms with E-state index in [0.29, 0.717) is 0 Å². The summed E-state index contributed by atoms with van der Waals surface area (Å²) in [5.41, 5.74) is 2.13. The molecule has 1 saturated heterocycles. The highest BCUT2D eigenvalue weighted by Crippen LogP contribution is 2.35. The average Bonchev–Trinajstić information content (AvgIpc) is 2.38. The van der Waals surface area contributed by atoms with Gasteiger partial charge in [-0.25, -0.2) is 0 Å². The van der Waals surface area contributed by atoms with Crippen molar-refractivity contribution in [2.24, 2.45) is 5.92 Å². The number of hydrogen-bond acceptors (Lipinski definition) is 3. The molecule has 3 heteroatoms. The van der Waals surface area contributed by atoms with E-state index in [4.69, 9.17) is 5.26 Å². The smallest absolute Gasteiger partial charge is 0.0991 e. The fraction of sp³-hybridized carbons (Fsp3) is 0.562. The van der Waals surface area contributed by atoms with E-state index >= 15 is 0 Å². The number of hydrogen-bond donors (Lipinski definition) is 1. The maximum absolute atomic E-state index is 8.86. The lowest BCUT2D eigenvalue weighted by atomic mass is 9.82. The van der Waals surface area contributed by atoms with Gasteiger partial charge in [-0.3, -0.25) is 0 Å². The lowest BCUT2D eigenvalue weighted by Crippen LogP contribution is -2.51. The molecule has 0 bridgehead atoms. The molecule has 1 unspecified atom stereocenters. The summed E-state index contributed by atoms with van der Waals surface area (Å²) >= 11 is 0. The van der Waals surface area contributed by atoms with Gasteiger partial charge in [-0.2, -0.15) is 5.26 Å². The van der Waals surface area contributed by atoms with Crippen LogP contribution in [0.4, 0.5) is 5.69 Å². The van der Waals surface area contributed by atoms with Crippen molar-refractivity contribution in [2.75, 3.05) is 25.0 Å². The van der Waals surface area contributed by atoms with Crippen molar-refractivity contribution in [3.63, 3.8) is 0 Å². The largest absolute Gasteiger partial charge is 0.366 e. The number of nitrogens with zero attached hydrogens (tertiary/aromatic N) is 2. The lowest BCUT2D eigenvalue weighted by molar-refractivity contribution is 0.270. The highest BCUT2D eigenvalue weighted by molar-refractivity contribution is 5.52. The van der Waals surface area contributed by atoms with Crippen LogP contribution in [0, 0.1) is 17.2 Å². The van der Waals surface area contributed by atoms with Crippen molar-refractivity contribution >= 4 is 5.69 Å². The first kappa shape index (κ1) is 13.9. The summed E-state index contributed by atoms with van der Waals surface area (Å²) in [4.78, 5) is 2.47. The Morgan fingerprint density at radius 2 is 2.05 bits per heavy atom. The zero-order chi connectivity index (χ0) is 13.9. The molecule has 0 saturated carbocycles. The van der Waals surface area contributed by atoms with E-state index in [2.05, 4.69) is 42.3 Å². The van der Waals surface area contributed by atoms with Crippen LogP contribution in [0.3, 0.4) is 0 Å². The van der Waals surface area contributed by atoms with Gasteiger partial charge in [-0.1, -0.05) is 0 Å². The predicted molar refractivity (Wildman–Crippen MR) is 79.2 cm³/mol. The van der Waals surface area contributed by atoms with Gasteiger partial charge in [0.15, 0.2) is 0 Å². The van der Waals surface area contributed by atoms with Crippen LogP contribution in [0.1, 0.15) is 32.3 Å². The van der Waals surface area contributed by atoms with E-state index in [1.54, 1.807) is 0 Å². The van der Waals surface area contributed by atoms with E-state index in [1.165, 1.54) is 18.5 Å². The Bertz CT molecular complexity index is 456. The van der Waals surface area contributed by atoms with Gasteiger partial charge in [-0.05, 0) is 70.5 Å². The predicted octanol–water partition coefficient (Wildman–Crippen LogP) is 2.77. The van der Waals surface area contributed by atoms with Crippen LogP contribution in [-0.2, 0) is 0 Å². The Balaban J connectivity index is 2.14. The van der Waals surface area contributed by atoms with Crippen LogP contribution in [0.2, 0.25) is 0 Å². The zero-order valence-corrected chi connectivity index (χ0v) is 12.1. The molecule has 0 amide bonds. The molecule has 0 aliphatic carbocycles. The van der Waals surface area contributed by atoms with E-state index in [1.807, 2.05) is 19.2 Å². The van der Waals surface area contributed by atoms with Gasteiger partial charge in [0.25, 0.3) is 0 Å². The fourth-order valence-corrected chi connectivity index (χ4v) is 3.19. The molecule has 1 aromatic rings. The number of nitriles is 1. The van der Waals surface area contributed by atoms with Crippen LogP contribution < -0.4 is 10.2 Å². The van der Waals surface area contributed by atoms with Gasteiger partial charge >= 0.3 is 0 Å². The van der Waals surface area contributed by atoms with Crippen LogP contribution >= 0.6 is 0 Å². The molecule has 2 rings (SSSR count). The molecule has 1 N–H and O–H groups in total. The summed E-state index contributed by atoms with van der Waals surface area (Å²) in [7, 11) is 2.03. The third kappa shape index (κ3) is 3.08. The molecule has 3 nitrogen and oxygen atoms in total. The van der Waals surface area contributed by atoms with Gasteiger partial charge in [0.05, 0.1) is 11.6 Å². The highest BCUT2D eigenvalue weighted by atomic mass is 15.2. The summed E-state index contributed by atoms with van der Waals surface area (Å²) < 4.78 is 0. The Kier molecular flexibility index (Phi) is 4.11. The van der Waals surface area contributed by atoms with Crippen molar-refractivity contribution < 1.29 is 0 Å². The second kappa shape index (κ2) is 5.63. The Labute approximate surface area is 116 Å². The van der Waals surface area contributed by atoms with Crippen LogP contribution in [-0.4, -0.2) is 25.7 Å². The van der Waals surface area contributed by atoms with E-state index < -0.39 is 0 Å². The van der Waals surface area contributed by atoms with E-state index in [9.17, 15) is 0 Å². The monoisotopic (exact) mass is 257 g/mol. The van der Waals surface area contributed by atoms with Crippen LogP contribution in [0.15, 0.2) is 24.3 Å². The SMILES string of the molecule is CNCC1CCN(c2ccc(C#N)cc2)C(C)(C)C1. The Morgan fingerprint density at radius 3 is 2.58 bits per heavy atom. The first-order valence-electron chi connectivity index (χ1n) is 6.99. The number of anilines is 1. The first-order chi connectivity index (χ1) is 9.06. The summed E-state index contributed by atoms with van der Waals surface area (Å²) in [6.45, 7) is 6.82. The Morgan fingerprint density at radius 1 is 1.37 bits per heavy atom. The van der Waals surface area contributed by atoms with Crippen molar-refractivity contribution in [1.29, 1.82) is 5.26 Å². The third-order valence-corrected chi connectivity index (χ3v) is 4.08. The molecule has 0 aromatic heterocycles. The zero-order valence-electron chi connectivity index (χ0n) is 12.1. The summed E-state index contributed by atoms with van der Waals surface area (Å²) in [5, 5.41) is 12.2. The van der Waals surface area contributed by atoms with E-state index in [0.717, 1.165) is 24.6 Å². The molecule has 0 spiro atoms. The van der Waals surface area contributed by atoms with Crippen molar-refractivity contribution in [3.05, 3.63) is 29.8 Å². The van der Waals surface area contributed by atoms with Gasteiger partial charge in [0.1, 0.15) is 0 Å². The minimum atomic E-state index is 0.175. The molecule has 1 heterocycles. The molecule has 1 fully saturated rings. The number of piperidine rings is 1. The number of benzene rings is 1. The van der Waals surface area contributed by atoms with Gasteiger partial charge < -0.3 is 10.2 Å². The molecule has 1 aromatic carbocycles. The molecular weight excluding hydrogens is 234 g/mol. The lowest BCUT2D eigenvalue weighted by Gasteiger charge is -2.47. The minimum absolute atomic E-state index is 0.175. The van der Waals surface area contributed by atoms with Crippen LogP contribution in [0.25, 0.3) is 0 Å². The molecule has 1 atom stereocenters. The molecule has 0 radical (unpaired) electrons. The summed E-state index contributed by atoms with van der Waals surface area (Å²) in [5.74, 6) is 0.759. The molecule has 1 aliphatic heterocycles. The molecule has 1 aliphatic rings. The van der Waals surface area contributed by atoms with Crippen molar-refractivity contribution in [3.8, 4) is 6.07 Å². The highest BCUT2D eigenvalue weighted by Gasteiger charge is 2.34. The average molecular weight is 257 g/mol. The van der Waals surface area contributed by atoms with E-state index in [-0.39, 0.29) is 5.54 Å². The van der Waals surface area contributed by atoms with Crippen LogP contribution in [0.5, 0.6) is 0 Å². The maximum atomic E-state index is 8.86. The minimum Gasteiger partial charge on any atom is -0.366 e. The fourth-order valence-electron chi connectivity index (χ4n) is 3.19. The summed E-state index contributed by atoms with van der Waals surface area (Å²) in [6.07, 6.45) is 2.43. The third-order valence-electron chi connectivity index (χ3n) is 4.08.